The molecule has 0 aromatic carbocycles. The summed E-state index contributed by atoms with van der Waals surface area (Å²) in [5.74, 6) is -1.10. The lowest BCUT2D eigenvalue weighted by atomic mass is 9.89. The molecule has 0 fully saturated rings. The molecule has 4 heteroatoms. The van der Waals surface area contributed by atoms with E-state index in [9.17, 15) is 9.59 Å². The largest absolute Gasteiger partial charge is 0.481 e. The molecule has 1 amide bonds. The van der Waals surface area contributed by atoms with Crippen LogP contribution in [-0.4, -0.2) is 23.5 Å². The van der Waals surface area contributed by atoms with Crippen molar-refractivity contribution in [1.82, 2.24) is 5.32 Å². The van der Waals surface area contributed by atoms with E-state index in [1.54, 1.807) is 13.8 Å². The molecule has 2 N–H and O–H groups in total. The van der Waals surface area contributed by atoms with Gasteiger partial charge in [-0.15, -0.1) is 0 Å². The number of aliphatic carboxylic acids is 1. The maximum absolute atomic E-state index is 11.5. The summed E-state index contributed by atoms with van der Waals surface area (Å²) in [6.45, 7) is 5.98. The quantitative estimate of drug-likeness (QED) is 0.591. The molecule has 0 spiro atoms. The van der Waals surface area contributed by atoms with Crippen LogP contribution in [0.5, 0.6) is 0 Å². The van der Waals surface area contributed by atoms with Gasteiger partial charge in [-0.25, -0.2) is 0 Å². The normalized spacial score (nSPS) is 11.3. The van der Waals surface area contributed by atoms with E-state index in [1.807, 2.05) is 0 Å². The molecule has 0 aromatic heterocycles. The summed E-state index contributed by atoms with van der Waals surface area (Å²) < 4.78 is 0. The molecule has 0 atom stereocenters. The minimum absolute atomic E-state index is 0.0398. The van der Waals surface area contributed by atoms with Crippen molar-refractivity contribution in [2.75, 3.05) is 6.54 Å². The lowest BCUT2D eigenvalue weighted by molar-refractivity contribution is -0.149. The number of nitrogens with one attached hydrogen (secondary N) is 1. The molecule has 0 rings (SSSR count). The highest BCUT2D eigenvalue weighted by Crippen LogP contribution is 2.19. The number of amides is 1. The first-order valence-corrected chi connectivity index (χ1v) is 6.90. The Hall–Kier alpha value is -1.06. The van der Waals surface area contributed by atoms with Crippen LogP contribution in [0.4, 0.5) is 0 Å². The number of carboxylic acids is 1. The van der Waals surface area contributed by atoms with Gasteiger partial charge in [0.2, 0.25) is 5.91 Å². The number of hydrogen-bond acceptors (Lipinski definition) is 2. The Balaban J connectivity index is 3.57. The third-order valence-corrected chi connectivity index (χ3v) is 3.03. The predicted molar refractivity (Wildman–Crippen MR) is 72.4 cm³/mol. The molecule has 0 aliphatic carbocycles. The molecule has 106 valence electrons. The van der Waals surface area contributed by atoms with Gasteiger partial charge in [0.05, 0.1) is 5.41 Å². The summed E-state index contributed by atoms with van der Waals surface area (Å²) in [5, 5.41) is 11.7. The standard InChI is InChI=1S/C14H27NO3/c1-4-5-6-7-8-9-10-15-12(16)11-14(2,3)13(17)18/h4-11H2,1-3H3,(H,15,16)(H,17,18). The van der Waals surface area contributed by atoms with E-state index in [0.29, 0.717) is 6.54 Å². The third kappa shape index (κ3) is 8.09. The van der Waals surface area contributed by atoms with Crippen LogP contribution in [0.1, 0.15) is 65.7 Å². The summed E-state index contributed by atoms with van der Waals surface area (Å²) in [6.07, 6.45) is 7.13. The number of carbonyl (C=O) groups excluding carboxylic acids is 1. The molecule has 0 bridgehead atoms. The van der Waals surface area contributed by atoms with Crippen molar-refractivity contribution in [2.24, 2.45) is 5.41 Å². The topological polar surface area (TPSA) is 66.4 Å². The Morgan fingerprint density at radius 1 is 1.06 bits per heavy atom. The van der Waals surface area contributed by atoms with Crippen LogP contribution in [0.25, 0.3) is 0 Å². The molecule has 0 aliphatic rings. The Morgan fingerprint density at radius 2 is 1.61 bits per heavy atom. The fraction of sp³-hybridized carbons (Fsp3) is 0.857. The number of unbranched alkanes of at least 4 members (excludes halogenated alkanes) is 5. The average Bonchev–Trinajstić information content (AvgIpc) is 2.27. The average molecular weight is 257 g/mol. The van der Waals surface area contributed by atoms with E-state index in [2.05, 4.69) is 12.2 Å². The molecular weight excluding hydrogens is 230 g/mol. The van der Waals surface area contributed by atoms with Crippen LogP contribution in [0.3, 0.4) is 0 Å². The first kappa shape index (κ1) is 16.9. The monoisotopic (exact) mass is 257 g/mol. The summed E-state index contributed by atoms with van der Waals surface area (Å²) in [7, 11) is 0. The highest BCUT2D eigenvalue weighted by molar-refractivity contribution is 5.84. The van der Waals surface area contributed by atoms with Gasteiger partial charge in [0.25, 0.3) is 0 Å². The number of carbonyl (C=O) groups is 2. The highest BCUT2D eigenvalue weighted by atomic mass is 16.4. The molecule has 18 heavy (non-hydrogen) atoms. The molecule has 0 saturated carbocycles. The van der Waals surface area contributed by atoms with E-state index >= 15 is 0 Å². The van der Waals surface area contributed by atoms with Crippen molar-refractivity contribution in [2.45, 2.75) is 65.7 Å². The van der Waals surface area contributed by atoms with Gasteiger partial charge < -0.3 is 10.4 Å². The van der Waals surface area contributed by atoms with E-state index in [1.165, 1.54) is 25.7 Å². The van der Waals surface area contributed by atoms with E-state index in [4.69, 9.17) is 5.11 Å². The Labute approximate surface area is 110 Å². The summed E-state index contributed by atoms with van der Waals surface area (Å²) >= 11 is 0. The Kier molecular flexibility index (Phi) is 8.42. The van der Waals surface area contributed by atoms with Crippen molar-refractivity contribution in [3.8, 4) is 0 Å². The van der Waals surface area contributed by atoms with Gasteiger partial charge in [-0.2, -0.15) is 0 Å². The fourth-order valence-corrected chi connectivity index (χ4v) is 1.67. The minimum Gasteiger partial charge on any atom is -0.481 e. The third-order valence-electron chi connectivity index (χ3n) is 3.03. The van der Waals surface area contributed by atoms with Crippen molar-refractivity contribution < 1.29 is 14.7 Å². The first-order valence-electron chi connectivity index (χ1n) is 6.90. The van der Waals surface area contributed by atoms with Gasteiger partial charge >= 0.3 is 5.97 Å². The summed E-state index contributed by atoms with van der Waals surface area (Å²) in [4.78, 5) is 22.4. The van der Waals surface area contributed by atoms with E-state index in [-0.39, 0.29) is 12.3 Å². The maximum Gasteiger partial charge on any atom is 0.309 e. The molecule has 0 unspecified atom stereocenters. The summed E-state index contributed by atoms with van der Waals surface area (Å²) in [5.41, 5.74) is -0.981. The van der Waals surface area contributed by atoms with Gasteiger partial charge in [-0.1, -0.05) is 39.0 Å². The lowest BCUT2D eigenvalue weighted by Crippen LogP contribution is -2.33. The summed E-state index contributed by atoms with van der Waals surface area (Å²) in [6, 6.07) is 0. The second kappa shape index (κ2) is 8.95. The zero-order valence-corrected chi connectivity index (χ0v) is 11.9. The molecule has 4 nitrogen and oxygen atoms in total. The fourth-order valence-electron chi connectivity index (χ4n) is 1.67. The Bertz CT molecular complexity index is 262. The molecule has 0 saturated heterocycles. The second-order valence-corrected chi connectivity index (χ2v) is 5.48. The van der Waals surface area contributed by atoms with Crippen molar-refractivity contribution in [1.29, 1.82) is 0 Å². The maximum atomic E-state index is 11.5. The van der Waals surface area contributed by atoms with Crippen LogP contribution in [0.2, 0.25) is 0 Å². The van der Waals surface area contributed by atoms with E-state index < -0.39 is 11.4 Å². The van der Waals surface area contributed by atoms with Gasteiger partial charge in [-0.05, 0) is 20.3 Å². The predicted octanol–water partition coefficient (Wildman–Crippen LogP) is 2.96. The number of rotatable bonds is 10. The molecule has 0 aromatic rings. The zero-order chi connectivity index (χ0) is 14.0. The van der Waals surface area contributed by atoms with Crippen molar-refractivity contribution in [3.05, 3.63) is 0 Å². The second-order valence-electron chi connectivity index (χ2n) is 5.48. The first-order chi connectivity index (χ1) is 8.40. The van der Waals surface area contributed by atoms with Gasteiger partial charge in [0.1, 0.15) is 0 Å². The lowest BCUT2D eigenvalue weighted by Gasteiger charge is -2.18. The van der Waals surface area contributed by atoms with Gasteiger partial charge in [0, 0.05) is 13.0 Å². The molecule has 0 heterocycles. The van der Waals surface area contributed by atoms with E-state index in [0.717, 1.165) is 12.8 Å². The smallest absolute Gasteiger partial charge is 0.309 e. The molecule has 0 radical (unpaired) electrons. The van der Waals surface area contributed by atoms with Crippen molar-refractivity contribution >= 4 is 11.9 Å². The SMILES string of the molecule is CCCCCCCCNC(=O)CC(C)(C)C(=O)O. The van der Waals surface area contributed by atoms with Crippen LogP contribution in [-0.2, 0) is 9.59 Å². The van der Waals surface area contributed by atoms with Gasteiger partial charge in [-0.3, -0.25) is 9.59 Å². The Morgan fingerprint density at radius 3 is 2.17 bits per heavy atom. The van der Waals surface area contributed by atoms with Crippen LogP contribution < -0.4 is 5.32 Å². The van der Waals surface area contributed by atoms with Crippen LogP contribution in [0, 0.1) is 5.41 Å². The number of carboxylic acid groups (broad SMARTS) is 1. The molecular formula is C14H27NO3. The highest BCUT2D eigenvalue weighted by Gasteiger charge is 2.29. The number of hydrogen-bond donors (Lipinski definition) is 2. The van der Waals surface area contributed by atoms with Crippen molar-refractivity contribution in [3.63, 3.8) is 0 Å². The van der Waals surface area contributed by atoms with Gasteiger partial charge in [0.15, 0.2) is 0 Å². The van der Waals surface area contributed by atoms with Crippen LogP contribution in [0.15, 0.2) is 0 Å². The van der Waals surface area contributed by atoms with Crippen LogP contribution >= 0.6 is 0 Å². The minimum atomic E-state index is -0.981. The zero-order valence-electron chi connectivity index (χ0n) is 11.9. The molecule has 0 aliphatic heterocycles.